The van der Waals surface area contributed by atoms with Crippen molar-refractivity contribution in [1.82, 2.24) is 0 Å². The molecule has 1 aromatic rings. The van der Waals surface area contributed by atoms with Gasteiger partial charge in [0, 0.05) is 18.1 Å². The fourth-order valence-electron chi connectivity index (χ4n) is 2.29. The van der Waals surface area contributed by atoms with E-state index in [2.05, 4.69) is 0 Å². The highest BCUT2D eigenvalue weighted by molar-refractivity contribution is 6.62. The summed E-state index contributed by atoms with van der Waals surface area (Å²) in [6.45, 7) is 9.10. The van der Waals surface area contributed by atoms with Crippen LogP contribution >= 0.6 is 0 Å². The lowest BCUT2D eigenvalue weighted by Crippen LogP contribution is -2.41. The summed E-state index contributed by atoms with van der Waals surface area (Å²) in [5.41, 5.74) is -0.118. The molecular formula is C15H20BNO5. The van der Waals surface area contributed by atoms with Crippen molar-refractivity contribution < 1.29 is 19.0 Å². The van der Waals surface area contributed by atoms with E-state index in [-0.39, 0.29) is 17.9 Å². The highest BCUT2D eigenvalue weighted by atomic mass is 16.7. The maximum absolute atomic E-state index is 11.2. The molecule has 1 aliphatic rings. The van der Waals surface area contributed by atoms with E-state index in [4.69, 9.17) is 9.31 Å². The van der Waals surface area contributed by atoms with Gasteiger partial charge in [-0.2, -0.15) is 0 Å². The van der Waals surface area contributed by atoms with Gasteiger partial charge in [0.05, 0.1) is 16.1 Å². The zero-order chi connectivity index (χ0) is 16.7. The summed E-state index contributed by atoms with van der Waals surface area (Å²) in [6.07, 6.45) is 0.0416. The van der Waals surface area contributed by atoms with Crippen molar-refractivity contribution in [3.05, 3.63) is 33.9 Å². The fourth-order valence-corrected chi connectivity index (χ4v) is 2.29. The average Bonchev–Trinajstić information content (AvgIpc) is 2.57. The lowest BCUT2D eigenvalue weighted by atomic mass is 9.78. The van der Waals surface area contributed by atoms with Crippen molar-refractivity contribution >= 4 is 24.1 Å². The van der Waals surface area contributed by atoms with Crippen LogP contribution in [-0.4, -0.2) is 29.0 Å². The molecular weight excluding hydrogens is 285 g/mol. The summed E-state index contributed by atoms with van der Waals surface area (Å²) < 4.78 is 11.8. The molecule has 0 spiro atoms. The van der Waals surface area contributed by atoms with Crippen LogP contribution in [0.3, 0.4) is 0 Å². The molecule has 1 heterocycles. The largest absolute Gasteiger partial charge is 0.495 e. The topological polar surface area (TPSA) is 78.7 Å². The Bertz CT molecular complexity index is 610. The normalized spacial score (nSPS) is 19.2. The molecule has 6 nitrogen and oxygen atoms in total. The molecule has 1 aliphatic heterocycles. The maximum Gasteiger partial charge on any atom is 0.495 e. The Labute approximate surface area is 130 Å². The van der Waals surface area contributed by atoms with Gasteiger partial charge >= 0.3 is 7.12 Å². The van der Waals surface area contributed by atoms with Crippen molar-refractivity contribution in [2.75, 3.05) is 0 Å². The molecule has 0 atom stereocenters. The minimum atomic E-state index is -0.657. The number of Topliss-reactive ketones (excluding diaryl/α,β-unsaturated/α-hetero) is 1. The number of rotatable bonds is 4. The highest BCUT2D eigenvalue weighted by Crippen LogP contribution is 2.36. The van der Waals surface area contributed by atoms with Gasteiger partial charge in [-0.25, -0.2) is 0 Å². The Kier molecular flexibility index (Phi) is 4.15. The van der Waals surface area contributed by atoms with E-state index in [1.54, 1.807) is 12.1 Å². The summed E-state index contributed by atoms with van der Waals surface area (Å²) in [7, 11) is -0.657. The Hall–Kier alpha value is -1.73. The molecule has 1 saturated heterocycles. The Morgan fingerprint density at radius 3 is 2.23 bits per heavy atom. The van der Waals surface area contributed by atoms with Crippen LogP contribution in [0.25, 0.3) is 0 Å². The van der Waals surface area contributed by atoms with Crippen LogP contribution in [-0.2, 0) is 20.5 Å². The minimum Gasteiger partial charge on any atom is -0.399 e. The molecule has 0 saturated carbocycles. The van der Waals surface area contributed by atoms with E-state index < -0.39 is 23.2 Å². The minimum absolute atomic E-state index is 0.0416. The Morgan fingerprint density at radius 1 is 1.23 bits per heavy atom. The first-order chi connectivity index (χ1) is 10.0. The number of benzene rings is 1. The van der Waals surface area contributed by atoms with Crippen LogP contribution in [0.2, 0.25) is 0 Å². The second-order valence-electron chi connectivity index (χ2n) is 6.61. The van der Waals surface area contributed by atoms with E-state index >= 15 is 0 Å². The fraction of sp³-hybridized carbons (Fsp3) is 0.533. The number of nitrogens with zero attached hydrogens (tertiary/aromatic N) is 1. The third kappa shape index (κ3) is 3.05. The van der Waals surface area contributed by atoms with Crippen LogP contribution in [0, 0.1) is 10.1 Å². The maximum atomic E-state index is 11.2. The predicted octanol–water partition coefficient (Wildman–Crippen LogP) is 2.03. The van der Waals surface area contributed by atoms with E-state index in [1.165, 1.54) is 13.0 Å². The number of ketones is 1. The first kappa shape index (κ1) is 16.6. The molecule has 2 rings (SSSR count). The van der Waals surface area contributed by atoms with E-state index in [9.17, 15) is 14.9 Å². The molecule has 0 radical (unpaired) electrons. The van der Waals surface area contributed by atoms with Gasteiger partial charge in [0.25, 0.3) is 5.69 Å². The average molecular weight is 305 g/mol. The third-order valence-corrected chi connectivity index (χ3v) is 4.27. The van der Waals surface area contributed by atoms with Gasteiger partial charge in [0.2, 0.25) is 0 Å². The third-order valence-electron chi connectivity index (χ3n) is 4.27. The van der Waals surface area contributed by atoms with Crippen molar-refractivity contribution in [2.45, 2.75) is 52.2 Å². The second-order valence-corrected chi connectivity index (χ2v) is 6.61. The lowest BCUT2D eigenvalue weighted by molar-refractivity contribution is -0.385. The Morgan fingerprint density at radius 2 is 1.77 bits per heavy atom. The Balaban J connectivity index is 2.36. The molecule has 22 heavy (non-hydrogen) atoms. The van der Waals surface area contributed by atoms with E-state index in [0.717, 1.165) is 0 Å². The van der Waals surface area contributed by atoms with Gasteiger partial charge in [-0.3, -0.25) is 14.9 Å². The number of nitro benzene ring substituents is 1. The van der Waals surface area contributed by atoms with Crippen molar-refractivity contribution in [2.24, 2.45) is 0 Å². The number of carbonyl (C=O) groups excluding carboxylic acids is 1. The molecule has 0 N–H and O–H groups in total. The van der Waals surface area contributed by atoms with Crippen molar-refractivity contribution in [3.63, 3.8) is 0 Å². The molecule has 0 amide bonds. The lowest BCUT2D eigenvalue weighted by Gasteiger charge is -2.32. The van der Waals surface area contributed by atoms with E-state index in [0.29, 0.717) is 11.0 Å². The van der Waals surface area contributed by atoms with Crippen LogP contribution in [0.15, 0.2) is 18.2 Å². The summed E-state index contributed by atoms with van der Waals surface area (Å²) >= 11 is 0. The molecule has 0 aliphatic carbocycles. The van der Waals surface area contributed by atoms with Crippen LogP contribution < -0.4 is 5.46 Å². The number of nitro groups is 1. The first-order valence-electron chi connectivity index (χ1n) is 7.16. The molecule has 7 heteroatoms. The van der Waals surface area contributed by atoms with Gasteiger partial charge in [-0.15, -0.1) is 0 Å². The standard InChI is InChI=1S/C15H20BNO5/c1-10(18)8-11-6-7-12(9-13(11)17(19)20)16-21-14(2,3)15(4,5)22-16/h6-7,9H,8H2,1-5H3. The van der Waals surface area contributed by atoms with Crippen LogP contribution in [0.5, 0.6) is 0 Å². The predicted molar refractivity (Wildman–Crippen MR) is 83.2 cm³/mol. The first-order valence-corrected chi connectivity index (χ1v) is 7.16. The smallest absolute Gasteiger partial charge is 0.399 e. The van der Waals surface area contributed by atoms with Crippen molar-refractivity contribution in [3.8, 4) is 0 Å². The monoisotopic (exact) mass is 305 g/mol. The molecule has 1 aromatic carbocycles. The molecule has 0 unspecified atom stereocenters. The SMILES string of the molecule is CC(=O)Cc1ccc(B2OC(C)(C)C(C)(C)O2)cc1[N+](=O)[O-]. The highest BCUT2D eigenvalue weighted by Gasteiger charge is 2.51. The summed E-state index contributed by atoms with van der Waals surface area (Å²) in [5.74, 6) is -0.119. The zero-order valence-electron chi connectivity index (χ0n) is 13.5. The summed E-state index contributed by atoms with van der Waals surface area (Å²) in [5, 5.41) is 11.2. The zero-order valence-corrected chi connectivity index (χ0v) is 13.5. The van der Waals surface area contributed by atoms with E-state index in [1.807, 2.05) is 27.7 Å². The molecule has 1 fully saturated rings. The van der Waals surface area contributed by atoms with Crippen molar-refractivity contribution in [1.29, 1.82) is 0 Å². The van der Waals surface area contributed by atoms with Crippen LogP contribution in [0.4, 0.5) is 5.69 Å². The van der Waals surface area contributed by atoms with Crippen LogP contribution in [0.1, 0.15) is 40.2 Å². The second kappa shape index (κ2) is 5.48. The van der Waals surface area contributed by atoms with Gasteiger partial charge in [-0.1, -0.05) is 12.1 Å². The number of hydrogen-bond donors (Lipinski definition) is 0. The number of hydrogen-bond acceptors (Lipinski definition) is 5. The van der Waals surface area contributed by atoms with Gasteiger partial charge in [0.1, 0.15) is 5.78 Å². The quantitative estimate of drug-likeness (QED) is 0.483. The summed E-state index contributed by atoms with van der Waals surface area (Å²) in [4.78, 5) is 22.0. The summed E-state index contributed by atoms with van der Waals surface area (Å²) in [6, 6.07) is 4.74. The van der Waals surface area contributed by atoms with Gasteiger partial charge in [-0.05, 0) is 40.1 Å². The van der Waals surface area contributed by atoms with Gasteiger partial charge in [0.15, 0.2) is 0 Å². The van der Waals surface area contributed by atoms with Gasteiger partial charge < -0.3 is 9.31 Å². The number of carbonyl (C=O) groups is 1. The molecule has 0 aromatic heterocycles. The molecule has 118 valence electrons. The molecule has 0 bridgehead atoms.